The number of anilines is 1. The third-order valence-corrected chi connectivity index (χ3v) is 3.00. The molecule has 0 fully saturated rings. The van der Waals surface area contributed by atoms with Gasteiger partial charge in [0.1, 0.15) is 0 Å². The molecular formula is C16H13N3O2. The number of hydrogen-bond acceptors (Lipinski definition) is 4. The van der Waals surface area contributed by atoms with Gasteiger partial charge in [0.05, 0.1) is 16.6 Å². The van der Waals surface area contributed by atoms with Crippen LogP contribution < -0.4 is 5.32 Å². The first-order valence-electron chi connectivity index (χ1n) is 6.29. The standard InChI is InChI=1S/C16H13N3O2/c1-18-16-10-14(19(20)21)7-8-15(16)13(11-17)9-12-5-3-2-4-6-12/h2-10,18H,1H3. The molecule has 0 saturated heterocycles. The van der Waals surface area contributed by atoms with Crippen LogP contribution in [0.5, 0.6) is 0 Å². The van der Waals surface area contributed by atoms with Gasteiger partial charge in [-0.1, -0.05) is 30.3 Å². The Kier molecular flexibility index (Phi) is 4.32. The number of nitrogens with zero attached hydrogens (tertiary/aromatic N) is 2. The summed E-state index contributed by atoms with van der Waals surface area (Å²) in [5.41, 5.74) is 2.51. The maximum atomic E-state index is 10.8. The van der Waals surface area contributed by atoms with Crippen molar-refractivity contribution >= 4 is 23.0 Å². The molecule has 2 aromatic rings. The number of allylic oxidation sites excluding steroid dienone is 1. The van der Waals surface area contributed by atoms with Crippen LogP contribution in [-0.2, 0) is 0 Å². The van der Waals surface area contributed by atoms with E-state index in [1.54, 1.807) is 19.2 Å². The van der Waals surface area contributed by atoms with Gasteiger partial charge >= 0.3 is 0 Å². The van der Waals surface area contributed by atoms with Crippen molar-refractivity contribution in [2.75, 3.05) is 12.4 Å². The third kappa shape index (κ3) is 3.25. The molecule has 5 heteroatoms. The topological polar surface area (TPSA) is 79.0 Å². The fraction of sp³-hybridized carbons (Fsp3) is 0.0625. The van der Waals surface area contributed by atoms with Crippen LogP contribution >= 0.6 is 0 Å². The van der Waals surface area contributed by atoms with Gasteiger partial charge in [0.25, 0.3) is 5.69 Å². The number of nitriles is 1. The summed E-state index contributed by atoms with van der Waals surface area (Å²) in [4.78, 5) is 10.3. The summed E-state index contributed by atoms with van der Waals surface area (Å²) in [7, 11) is 1.67. The molecule has 0 heterocycles. The van der Waals surface area contributed by atoms with Gasteiger partial charge in [-0.25, -0.2) is 0 Å². The van der Waals surface area contributed by atoms with E-state index in [0.717, 1.165) is 5.56 Å². The molecular weight excluding hydrogens is 266 g/mol. The number of nitro benzene ring substituents is 1. The maximum Gasteiger partial charge on any atom is 0.271 e. The molecule has 0 spiro atoms. The Bertz CT molecular complexity index is 731. The summed E-state index contributed by atoms with van der Waals surface area (Å²) in [5, 5.41) is 23.1. The van der Waals surface area contributed by atoms with E-state index in [1.165, 1.54) is 12.1 Å². The zero-order valence-corrected chi connectivity index (χ0v) is 11.4. The van der Waals surface area contributed by atoms with Gasteiger partial charge in [-0.2, -0.15) is 5.26 Å². The van der Waals surface area contributed by atoms with Crippen molar-refractivity contribution in [3.8, 4) is 6.07 Å². The van der Waals surface area contributed by atoms with Crippen molar-refractivity contribution in [2.45, 2.75) is 0 Å². The Morgan fingerprint density at radius 1 is 1.29 bits per heavy atom. The minimum atomic E-state index is -0.461. The molecule has 2 aromatic carbocycles. The normalized spacial score (nSPS) is 10.8. The van der Waals surface area contributed by atoms with E-state index in [9.17, 15) is 15.4 Å². The largest absolute Gasteiger partial charge is 0.387 e. The molecule has 2 rings (SSSR count). The average Bonchev–Trinajstić information content (AvgIpc) is 2.53. The second-order valence-electron chi connectivity index (χ2n) is 4.32. The highest BCUT2D eigenvalue weighted by Gasteiger charge is 2.12. The minimum absolute atomic E-state index is 0.0138. The molecule has 0 amide bonds. The predicted molar refractivity (Wildman–Crippen MR) is 82.6 cm³/mol. The fourth-order valence-electron chi connectivity index (χ4n) is 1.97. The molecule has 21 heavy (non-hydrogen) atoms. The van der Waals surface area contributed by atoms with Crippen molar-refractivity contribution in [3.63, 3.8) is 0 Å². The summed E-state index contributed by atoms with van der Waals surface area (Å²) in [6, 6.07) is 16.0. The lowest BCUT2D eigenvalue weighted by Crippen LogP contribution is -1.97. The van der Waals surface area contributed by atoms with Gasteiger partial charge in [0, 0.05) is 30.4 Å². The number of non-ortho nitro benzene ring substituents is 1. The molecule has 0 unspecified atom stereocenters. The summed E-state index contributed by atoms with van der Waals surface area (Å²) in [6.07, 6.45) is 1.75. The second kappa shape index (κ2) is 6.35. The number of nitrogens with one attached hydrogen (secondary N) is 1. The highest BCUT2D eigenvalue weighted by atomic mass is 16.6. The van der Waals surface area contributed by atoms with Crippen LogP contribution in [0.2, 0.25) is 0 Å². The molecule has 5 nitrogen and oxygen atoms in total. The molecule has 0 aromatic heterocycles. The van der Waals surface area contributed by atoms with Gasteiger partial charge in [0.2, 0.25) is 0 Å². The number of benzene rings is 2. The lowest BCUT2D eigenvalue weighted by Gasteiger charge is -2.08. The highest BCUT2D eigenvalue weighted by molar-refractivity contribution is 5.94. The summed E-state index contributed by atoms with van der Waals surface area (Å²) in [6.45, 7) is 0. The second-order valence-corrected chi connectivity index (χ2v) is 4.32. The van der Waals surface area contributed by atoms with Crippen LogP contribution in [0.1, 0.15) is 11.1 Å². The predicted octanol–water partition coefficient (Wildman–Crippen LogP) is 3.70. The van der Waals surface area contributed by atoms with Gasteiger partial charge in [-0.15, -0.1) is 0 Å². The molecule has 0 bridgehead atoms. The average molecular weight is 279 g/mol. The fourth-order valence-corrected chi connectivity index (χ4v) is 1.97. The van der Waals surface area contributed by atoms with Crippen molar-refractivity contribution in [2.24, 2.45) is 0 Å². The number of nitro groups is 1. The molecule has 0 aliphatic carbocycles. The van der Waals surface area contributed by atoms with Crippen LogP contribution in [0.4, 0.5) is 11.4 Å². The lowest BCUT2D eigenvalue weighted by molar-refractivity contribution is -0.384. The van der Waals surface area contributed by atoms with Crippen molar-refractivity contribution in [1.29, 1.82) is 5.26 Å². The minimum Gasteiger partial charge on any atom is -0.387 e. The molecule has 0 aliphatic rings. The Hall–Kier alpha value is -3.13. The molecule has 0 saturated carbocycles. The van der Waals surface area contributed by atoms with Crippen LogP contribution in [0, 0.1) is 21.4 Å². The van der Waals surface area contributed by atoms with E-state index in [0.29, 0.717) is 16.8 Å². The van der Waals surface area contributed by atoms with Crippen LogP contribution in [0.3, 0.4) is 0 Å². The third-order valence-electron chi connectivity index (χ3n) is 3.00. The zero-order chi connectivity index (χ0) is 15.2. The van der Waals surface area contributed by atoms with E-state index in [1.807, 2.05) is 30.3 Å². The Morgan fingerprint density at radius 2 is 2.00 bits per heavy atom. The quantitative estimate of drug-likeness (QED) is 0.400. The van der Waals surface area contributed by atoms with E-state index in [-0.39, 0.29) is 5.69 Å². The Balaban J connectivity index is 2.51. The number of hydrogen-bond donors (Lipinski definition) is 1. The van der Waals surface area contributed by atoms with Gasteiger partial charge in [0.15, 0.2) is 0 Å². The first-order valence-corrected chi connectivity index (χ1v) is 6.29. The SMILES string of the molecule is CNc1cc([N+](=O)[O-])ccc1C(C#N)=Cc1ccccc1. The van der Waals surface area contributed by atoms with Crippen molar-refractivity contribution in [1.82, 2.24) is 0 Å². The van der Waals surface area contributed by atoms with E-state index in [2.05, 4.69) is 11.4 Å². The van der Waals surface area contributed by atoms with Gasteiger partial charge < -0.3 is 5.32 Å². The highest BCUT2D eigenvalue weighted by Crippen LogP contribution is 2.29. The smallest absolute Gasteiger partial charge is 0.271 e. The van der Waals surface area contributed by atoms with E-state index < -0.39 is 4.92 Å². The van der Waals surface area contributed by atoms with Crippen molar-refractivity contribution < 1.29 is 4.92 Å². The van der Waals surface area contributed by atoms with Crippen LogP contribution in [0.25, 0.3) is 11.6 Å². The zero-order valence-electron chi connectivity index (χ0n) is 11.4. The van der Waals surface area contributed by atoms with Gasteiger partial charge in [-0.3, -0.25) is 10.1 Å². The maximum absolute atomic E-state index is 10.8. The molecule has 0 aliphatic heterocycles. The monoisotopic (exact) mass is 279 g/mol. The van der Waals surface area contributed by atoms with Crippen LogP contribution in [-0.4, -0.2) is 12.0 Å². The van der Waals surface area contributed by atoms with Crippen LogP contribution in [0.15, 0.2) is 48.5 Å². The van der Waals surface area contributed by atoms with E-state index in [4.69, 9.17) is 0 Å². The summed E-state index contributed by atoms with van der Waals surface area (Å²) in [5.74, 6) is 0. The molecule has 1 N–H and O–H groups in total. The molecule has 0 radical (unpaired) electrons. The van der Waals surface area contributed by atoms with E-state index >= 15 is 0 Å². The summed E-state index contributed by atoms with van der Waals surface area (Å²) < 4.78 is 0. The Morgan fingerprint density at radius 3 is 2.57 bits per heavy atom. The molecule has 0 atom stereocenters. The Labute approximate surface area is 122 Å². The van der Waals surface area contributed by atoms with Gasteiger partial charge in [-0.05, 0) is 17.7 Å². The lowest BCUT2D eigenvalue weighted by atomic mass is 10.0. The van der Waals surface area contributed by atoms with Crippen molar-refractivity contribution in [3.05, 3.63) is 69.8 Å². The first-order chi connectivity index (χ1) is 10.2. The summed E-state index contributed by atoms with van der Waals surface area (Å²) >= 11 is 0. The number of rotatable bonds is 4. The molecule has 104 valence electrons. The first kappa shape index (κ1) is 14.3.